The molecule has 1 aromatic heterocycles. The van der Waals surface area contributed by atoms with Crippen LogP contribution in [0, 0.1) is 0 Å². The summed E-state index contributed by atoms with van der Waals surface area (Å²) >= 11 is 3.34. The summed E-state index contributed by atoms with van der Waals surface area (Å²) in [5.41, 5.74) is 0.138. The average molecular weight is 273 g/mol. The number of pyridine rings is 1. The van der Waals surface area contributed by atoms with Crippen LogP contribution in [0.2, 0.25) is 0 Å². The van der Waals surface area contributed by atoms with Gasteiger partial charge in [-0.2, -0.15) is 0 Å². The first-order valence-corrected chi connectivity index (χ1v) is 5.75. The molecule has 0 bridgehead atoms. The lowest BCUT2D eigenvalue weighted by atomic mass is 10.1. The minimum absolute atomic E-state index is 0.138. The molecule has 0 radical (unpaired) electrons. The molecule has 1 rings (SSSR count). The van der Waals surface area contributed by atoms with Gasteiger partial charge in [-0.25, -0.2) is 0 Å². The highest BCUT2D eigenvalue weighted by atomic mass is 79.9. The number of rotatable bonds is 4. The molecule has 1 N–H and O–H groups in total. The highest BCUT2D eigenvalue weighted by Gasteiger charge is 2.07. The van der Waals surface area contributed by atoms with Gasteiger partial charge in [0.2, 0.25) is 0 Å². The summed E-state index contributed by atoms with van der Waals surface area (Å²) in [5, 5.41) is 3.35. The Morgan fingerprint density at radius 1 is 1.40 bits per heavy atom. The summed E-state index contributed by atoms with van der Waals surface area (Å²) in [4.78, 5) is 4.02. The van der Waals surface area contributed by atoms with Crippen molar-refractivity contribution in [2.45, 2.75) is 26.3 Å². The van der Waals surface area contributed by atoms with Gasteiger partial charge in [0.25, 0.3) is 0 Å². The Bertz CT molecular complexity index is 310. The monoisotopic (exact) mass is 272 g/mol. The number of aromatic nitrogens is 1. The fraction of sp³-hybridized carbons (Fsp3) is 0.545. The number of halogens is 1. The van der Waals surface area contributed by atoms with E-state index in [4.69, 9.17) is 4.74 Å². The van der Waals surface area contributed by atoms with Crippen molar-refractivity contribution in [2.75, 3.05) is 13.2 Å². The van der Waals surface area contributed by atoms with Crippen molar-refractivity contribution in [1.29, 1.82) is 0 Å². The Morgan fingerprint density at radius 3 is 2.73 bits per heavy atom. The van der Waals surface area contributed by atoms with Crippen molar-refractivity contribution in [1.82, 2.24) is 10.3 Å². The Hall–Kier alpha value is -0.610. The van der Waals surface area contributed by atoms with E-state index in [1.807, 2.05) is 6.07 Å². The van der Waals surface area contributed by atoms with Crippen LogP contribution in [0.3, 0.4) is 0 Å². The van der Waals surface area contributed by atoms with Crippen molar-refractivity contribution in [3.05, 3.63) is 22.9 Å². The molecule has 0 spiro atoms. The Labute approximate surface area is 99.4 Å². The number of nitrogens with one attached hydrogen (secondary N) is 1. The lowest BCUT2D eigenvalue weighted by Gasteiger charge is -2.20. The zero-order chi connectivity index (χ0) is 11.3. The maximum atomic E-state index is 5.53. The highest BCUT2D eigenvalue weighted by Crippen LogP contribution is 2.15. The summed E-state index contributed by atoms with van der Waals surface area (Å²) in [6.45, 7) is 7.88. The molecule has 0 saturated carbocycles. The SMILES string of the molecule is CC(C)(C)NCCOc1cncc(Br)c1. The first-order valence-electron chi connectivity index (χ1n) is 4.96. The maximum Gasteiger partial charge on any atom is 0.138 e. The van der Waals surface area contributed by atoms with Crippen LogP contribution < -0.4 is 10.1 Å². The van der Waals surface area contributed by atoms with E-state index in [0.29, 0.717) is 6.61 Å². The molecule has 0 amide bonds. The second kappa shape index (κ2) is 5.47. The fourth-order valence-electron chi connectivity index (χ4n) is 1.07. The third kappa shape index (κ3) is 5.74. The van der Waals surface area contributed by atoms with Gasteiger partial charge in [0.15, 0.2) is 0 Å². The van der Waals surface area contributed by atoms with E-state index in [1.165, 1.54) is 0 Å². The predicted octanol–water partition coefficient (Wildman–Crippen LogP) is 2.61. The minimum Gasteiger partial charge on any atom is -0.491 e. The Balaban J connectivity index is 2.26. The first kappa shape index (κ1) is 12.5. The van der Waals surface area contributed by atoms with E-state index in [2.05, 4.69) is 47.0 Å². The van der Waals surface area contributed by atoms with E-state index < -0.39 is 0 Å². The van der Waals surface area contributed by atoms with Gasteiger partial charge in [0.05, 0.1) is 6.20 Å². The second-order valence-corrected chi connectivity index (χ2v) is 5.28. The molecule has 0 aromatic carbocycles. The predicted molar refractivity (Wildman–Crippen MR) is 65.2 cm³/mol. The van der Waals surface area contributed by atoms with Gasteiger partial charge in [-0.05, 0) is 42.8 Å². The van der Waals surface area contributed by atoms with Gasteiger partial charge >= 0.3 is 0 Å². The standard InChI is InChI=1S/C11H17BrN2O/c1-11(2,3)14-4-5-15-10-6-9(12)7-13-8-10/h6-8,14H,4-5H2,1-3H3. The molecule has 0 fully saturated rings. The van der Waals surface area contributed by atoms with Crippen molar-refractivity contribution in [3.63, 3.8) is 0 Å². The molecule has 1 heterocycles. The van der Waals surface area contributed by atoms with Gasteiger partial charge in [-0.3, -0.25) is 4.98 Å². The van der Waals surface area contributed by atoms with E-state index in [-0.39, 0.29) is 5.54 Å². The topological polar surface area (TPSA) is 34.1 Å². The number of nitrogens with zero attached hydrogens (tertiary/aromatic N) is 1. The zero-order valence-electron chi connectivity index (χ0n) is 9.38. The van der Waals surface area contributed by atoms with E-state index >= 15 is 0 Å². The molecule has 0 aliphatic rings. The Morgan fingerprint density at radius 2 is 2.13 bits per heavy atom. The molecule has 0 atom stereocenters. The third-order valence-corrected chi connectivity index (χ3v) is 2.14. The summed E-state index contributed by atoms with van der Waals surface area (Å²) < 4.78 is 6.46. The Kier molecular flexibility index (Phi) is 4.54. The largest absolute Gasteiger partial charge is 0.491 e. The molecular formula is C11H17BrN2O. The molecule has 0 aliphatic carbocycles. The number of hydrogen-bond donors (Lipinski definition) is 1. The first-order chi connectivity index (χ1) is 6.97. The third-order valence-electron chi connectivity index (χ3n) is 1.71. The molecule has 4 heteroatoms. The van der Waals surface area contributed by atoms with Crippen LogP contribution in [0.4, 0.5) is 0 Å². The minimum atomic E-state index is 0.138. The van der Waals surface area contributed by atoms with Crippen LogP contribution in [0.15, 0.2) is 22.9 Å². The van der Waals surface area contributed by atoms with Gasteiger partial charge in [-0.15, -0.1) is 0 Å². The molecule has 15 heavy (non-hydrogen) atoms. The van der Waals surface area contributed by atoms with E-state index in [0.717, 1.165) is 16.8 Å². The lowest BCUT2D eigenvalue weighted by molar-refractivity contribution is 0.290. The second-order valence-electron chi connectivity index (χ2n) is 4.36. The molecule has 0 aliphatic heterocycles. The van der Waals surface area contributed by atoms with Gasteiger partial charge in [0, 0.05) is 22.8 Å². The molecule has 1 aromatic rings. The maximum absolute atomic E-state index is 5.53. The van der Waals surface area contributed by atoms with Crippen molar-refractivity contribution < 1.29 is 4.74 Å². The molecular weight excluding hydrogens is 256 g/mol. The number of ether oxygens (including phenoxy) is 1. The molecule has 0 unspecified atom stereocenters. The highest BCUT2D eigenvalue weighted by molar-refractivity contribution is 9.10. The van der Waals surface area contributed by atoms with Crippen molar-refractivity contribution >= 4 is 15.9 Å². The molecule has 0 saturated heterocycles. The summed E-state index contributed by atoms with van der Waals surface area (Å²) in [6.07, 6.45) is 3.45. The average Bonchev–Trinajstić information content (AvgIpc) is 2.11. The summed E-state index contributed by atoms with van der Waals surface area (Å²) in [6, 6.07) is 1.91. The fourth-order valence-corrected chi connectivity index (χ4v) is 1.41. The normalized spacial score (nSPS) is 11.5. The number of hydrogen-bond acceptors (Lipinski definition) is 3. The van der Waals surface area contributed by atoms with Crippen LogP contribution in [0.1, 0.15) is 20.8 Å². The van der Waals surface area contributed by atoms with E-state index in [1.54, 1.807) is 12.4 Å². The molecule has 3 nitrogen and oxygen atoms in total. The summed E-state index contributed by atoms with van der Waals surface area (Å²) in [5.74, 6) is 0.792. The van der Waals surface area contributed by atoms with Crippen molar-refractivity contribution in [3.8, 4) is 5.75 Å². The van der Waals surface area contributed by atoms with Crippen molar-refractivity contribution in [2.24, 2.45) is 0 Å². The van der Waals surface area contributed by atoms with E-state index in [9.17, 15) is 0 Å². The van der Waals surface area contributed by atoms with Crippen LogP contribution in [-0.4, -0.2) is 23.7 Å². The smallest absolute Gasteiger partial charge is 0.138 e. The zero-order valence-corrected chi connectivity index (χ0v) is 11.0. The lowest BCUT2D eigenvalue weighted by Crippen LogP contribution is -2.38. The van der Waals surface area contributed by atoms with Crippen LogP contribution in [0.25, 0.3) is 0 Å². The van der Waals surface area contributed by atoms with Gasteiger partial charge in [0.1, 0.15) is 12.4 Å². The molecule has 84 valence electrons. The van der Waals surface area contributed by atoms with Crippen LogP contribution >= 0.6 is 15.9 Å². The van der Waals surface area contributed by atoms with Crippen LogP contribution in [-0.2, 0) is 0 Å². The van der Waals surface area contributed by atoms with Gasteiger partial charge < -0.3 is 10.1 Å². The van der Waals surface area contributed by atoms with Gasteiger partial charge in [-0.1, -0.05) is 0 Å². The quantitative estimate of drug-likeness (QED) is 0.856. The summed E-state index contributed by atoms with van der Waals surface area (Å²) in [7, 11) is 0. The van der Waals surface area contributed by atoms with Crippen LogP contribution in [0.5, 0.6) is 5.75 Å².